The number of hydrogen-bond donors (Lipinski definition) is 1. The molecule has 24 heavy (non-hydrogen) atoms. The van der Waals surface area contributed by atoms with E-state index in [4.69, 9.17) is 9.26 Å². The van der Waals surface area contributed by atoms with Gasteiger partial charge in [0, 0.05) is 48.5 Å². The zero-order valence-corrected chi connectivity index (χ0v) is 14.5. The molecule has 4 rings (SSSR count). The minimum atomic E-state index is -0.208. The first-order valence-electron chi connectivity index (χ1n) is 8.18. The molecule has 0 aliphatic carbocycles. The van der Waals surface area contributed by atoms with Crippen molar-refractivity contribution in [2.75, 3.05) is 32.8 Å². The van der Waals surface area contributed by atoms with Gasteiger partial charge in [0.1, 0.15) is 0 Å². The molecule has 6 nitrogen and oxygen atoms in total. The van der Waals surface area contributed by atoms with E-state index >= 15 is 0 Å². The van der Waals surface area contributed by atoms with Crippen LogP contribution < -0.4 is 5.32 Å². The van der Waals surface area contributed by atoms with Crippen LogP contribution in [0.15, 0.2) is 28.2 Å². The number of amides is 1. The summed E-state index contributed by atoms with van der Waals surface area (Å²) in [5.41, 5.74) is 1.36. The zero-order valence-electron chi connectivity index (χ0n) is 13.7. The Morgan fingerprint density at radius 2 is 2.46 bits per heavy atom. The lowest BCUT2D eigenvalue weighted by Crippen LogP contribution is -2.43. The van der Waals surface area contributed by atoms with Gasteiger partial charge in [-0.15, -0.1) is 11.3 Å². The quantitative estimate of drug-likeness (QED) is 0.895. The topological polar surface area (TPSA) is 67.6 Å². The summed E-state index contributed by atoms with van der Waals surface area (Å²) in [6.07, 6.45) is 1.48. The molecule has 0 aromatic carbocycles. The van der Waals surface area contributed by atoms with Crippen LogP contribution in [0.5, 0.6) is 0 Å². The van der Waals surface area contributed by atoms with Gasteiger partial charge in [-0.25, -0.2) is 0 Å². The van der Waals surface area contributed by atoms with Crippen molar-refractivity contribution in [3.05, 3.63) is 39.9 Å². The minimum Gasteiger partial charge on any atom is -0.380 e. The molecule has 2 fully saturated rings. The number of nitrogens with one attached hydrogen (secondary N) is 1. The van der Waals surface area contributed by atoms with E-state index in [1.807, 2.05) is 11.3 Å². The van der Waals surface area contributed by atoms with Crippen LogP contribution in [0.4, 0.5) is 0 Å². The van der Waals surface area contributed by atoms with Gasteiger partial charge in [0.25, 0.3) is 5.91 Å². The van der Waals surface area contributed by atoms with Gasteiger partial charge in [0.2, 0.25) is 5.76 Å². The van der Waals surface area contributed by atoms with Crippen LogP contribution >= 0.6 is 11.3 Å². The first-order valence-corrected chi connectivity index (χ1v) is 9.06. The number of carbonyl (C=O) groups is 1. The fraction of sp³-hybridized carbons (Fsp3) is 0.529. The first-order chi connectivity index (χ1) is 11.7. The van der Waals surface area contributed by atoms with Crippen LogP contribution in [-0.4, -0.2) is 48.8 Å². The lowest BCUT2D eigenvalue weighted by atomic mass is 9.81. The third-order valence-electron chi connectivity index (χ3n) is 5.19. The molecule has 2 saturated heterocycles. The summed E-state index contributed by atoms with van der Waals surface area (Å²) in [6.45, 7) is 7.21. The standard InChI is InChI=1S/C17H21N3O3S/c1-12-3-5-24-15(12)7-20-6-13-8-22-11-17(13,10-20)9-18-16(21)14-2-4-19-23-14/h2-5,13H,6-11H2,1H3,(H,18,21)/t13-,17+/m0/s1. The van der Waals surface area contributed by atoms with Crippen molar-refractivity contribution in [2.45, 2.75) is 13.5 Å². The monoisotopic (exact) mass is 347 g/mol. The van der Waals surface area contributed by atoms with Gasteiger partial charge in [0.15, 0.2) is 0 Å². The second-order valence-electron chi connectivity index (χ2n) is 6.83. The average molecular weight is 347 g/mol. The Labute approximate surface area is 144 Å². The van der Waals surface area contributed by atoms with E-state index in [1.54, 1.807) is 6.07 Å². The number of carbonyl (C=O) groups excluding carboxylic acids is 1. The molecule has 1 N–H and O–H groups in total. The third kappa shape index (κ3) is 2.87. The maximum absolute atomic E-state index is 12.1. The highest BCUT2D eigenvalue weighted by Crippen LogP contribution is 2.41. The SMILES string of the molecule is Cc1ccsc1CN1C[C@H]2COC[C@@]2(CNC(=O)c2ccno2)C1. The molecule has 0 saturated carbocycles. The minimum absolute atomic E-state index is 0.000839. The number of likely N-dealkylation sites (tertiary alicyclic amines) is 1. The highest BCUT2D eigenvalue weighted by Gasteiger charge is 2.50. The van der Waals surface area contributed by atoms with E-state index in [0.29, 0.717) is 19.1 Å². The fourth-order valence-corrected chi connectivity index (χ4v) is 4.71. The molecular formula is C17H21N3O3S. The van der Waals surface area contributed by atoms with E-state index in [1.165, 1.54) is 16.6 Å². The van der Waals surface area contributed by atoms with Crippen molar-refractivity contribution in [1.82, 2.24) is 15.4 Å². The molecule has 2 atom stereocenters. The number of rotatable bonds is 5. The second kappa shape index (κ2) is 6.31. The van der Waals surface area contributed by atoms with Crippen molar-refractivity contribution in [3.63, 3.8) is 0 Å². The molecular weight excluding hydrogens is 326 g/mol. The van der Waals surface area contributed by atoms with Crippen LogP contribution in [0.2, 0.25) is 0 Å². The molecule has 2 aliphatic heterocycles. The molecule has 0 bridgehead atoms. The van der Waals surface area contributed by atoms with Gasteiger partial charge in [-0.2, -0.15) is 0 Å². The van der Waals surface area contributed by atoms with Crippen LogP contribution in [0.3, 0.4) is 0 Å². The molecule has 2 aliphatic rings. The van der Waals surface area contributed by atoms with E-state index in [2.05, 4.69) is 33.7 Å². The highest BCUT2D eigenvalue weighted by atomic mass is 32.1. The van der Waals surface area contributed by atoms with E-state index < -0.39 is 0 Å². The predicted octanol–water partition coefficient (Wildman–Crippen LogP) is 1.92. The normalized spacial score (nSPS) is 26.6. The molecule has 2 aromatic rings. The van der Waals surface area contributed by atoms with Gasteiger partial charge < -0.3 is 14.6 Å². The van der Waals surface area contributed by atoms with E-state index in [0.717, 1.165) is 26.2 Å². The van der Waals surface area contributed by atoms with Crippen LogP contribution in [0, 0.1) is 18.3 Å². The fourth-order valence-electron chi connectivity index (χ4n) is 3.76. The lowest BCUT2D eigenvalue weighted by Gasteiger charge is -2.27. The van der Waals surface area contributed by atoms with Crippen molar-refractivity contribution in [2.24, 2.45) is 11.3 Å². The maximum atomic E-state index is 12.1. The van der Waals surface area contributed by atoms with Crippen molar-refractivity contribution in [1.29, 1.82) is 0 Å². The smallest absolute Gasteiger partial charge is 0.289 e. The number of nitrogens with zero attached hydrogens (tertiary/aromatic N) is 2. The number of hydrogen-bond acceptors (Lipinski definition) is 6. The van der Waals surface area contributed by atoms with E-state index in [9.17, 15) is 4.79 Å². The number of fused-ring (bicyclic) bond motifs is 1. The molecule has 0 radical (unpaired) electrons. The zero-order chi connectivity index (χ0) is 16.6. The molecule has 0 spiro atoms. The van der Waals surface area contributed by atoms with Gasteiger partial charge in [-0.05, 0) is 23.9 Å². The predicted molar refractivity (Wildman–Crippen MR) is 89.9 cm³/mol. The lowest BCUT2D eigenvalue weighted by molar-refractivity contribution is 0.0869. The Kier molecular flexibility index (Phi) is 4.15. The molecule has 7 heteroatoms. The number of aryl methyl sites for hydroxylation is 1. The summed E-state index contributed by atoms with van der Waals surface area (Å²) >= 11 is 1.82. The largest absolute Gasteiger partial charge is 0.380 e. The van der Waals surface area contributed by atoms with Crippen LogP contribution in [0.25, 0.3) is 0 Å². The Morgan fingerprint density at radius 3 is 3.21 bits per heavy atom. The average Bonchev–Trinajstić information content (AvgIpc) is 3.31. The molecule has 2 aromatic heterocycles. The number of aromatic nitrogens is 1. The summed E-state index contributed by atoms with van der Waals surface area (Å²) in [5, 5.41) is 8.74. The third-order valence-corrected chi connectivity index (χ3v) is 6.20. The van der Waals surface area contributed by atoms with Crippen molar-refractivity contribution < 1.29 is 14.1 Å². The van der Waals surface area contributed by atoms with Crippen LogP contribution in [0.1, 0.15) is 21.0 Å². The Bertz CT molecular complexity index is 714. The Balaban J connectivity index is 1.41. The maximum Gasteiger partial charge on any atom is 0.289 e. The highest BCUT2D eigenvalue weighted by molar-refractivity contribution is 7.10. The Hall–Kier alpha value is -1.70. The summed E-state index contributed by atoms with van der Waals surface area (Å²) in [5.74, 6) is 0.513. The van der Waals surface area contributed by atoms with Crippen molar-refractivity contribution >= 4 is 17.2 Å². The number of thiophene rings is 1. The van der Waals surface area contributed by atoms with Gasteiger partial charge in [-0.3, -0.25) is 9.69 Å². The van der Waals surface area contributed by atoms with Crippen molar-refractivity contribution in [3.8, 4) is 0 Å². The molecule has 1 amide bonds. The molecule has 4 heterocycles. The summed E-state index contributed by atoms with van der Waals surface area (Å²) in [6, 6.07) is 3.75. The molecule has 0 unspecified atom stereocenters. The summed E-state index contributed by atoms with van der Waals surface area (Å²) in [7, 11) is 0. The second-order valence-corrected chi connectivity index (χ2v) is 7.83. The van der Waals surface area contributed by atoms with Gasteiger partial charge in [-0.1, -0.05) is 5.16 Å². The summed E-state index contributed by atoms with van der Waals surface area (Å²) in [4.78, 5) is 16.1. The Morgan fingerprint density at radius 1 is 1.54 bits per heavy atom. The first kappa shape index (κ1) is 15.8. The van der Waals surface area contributed by atoms with Crippen LogP contribution in [-0.2, 0) is 11.3 Å². The summed E-state index contributed by atoms with van der Waals surface area (Å²) < 4.78 is 10.7. The number of ether oxygens (including phenoxy) is 1. The van der Waals surface area contributed by atoms with Gasteiger partial charge in [0.05, 0.1) is 19.4 Å². The molecule has 128 valence electrons. The van der Waals surface area contributed by atoms with Gasteiger partial charge >= 0.3 is 0 Å². The van der Waals surface area contributed by atoms with E-state index in [-0.39, 0.29) is 17.1 Å².